The molecule has 0 spiro atoms. The van der Waals surface area contributed by atoms with Gasteiger partial charge in [-0.3, -0.25) is 4.90 Å². The molecule has 0 aliphatic carbocycles. The molecule has 2 rings (SSSR count). The van der Waals surface area contributed by atoms with Crippen LogP contribution >= 0.6 is 11.8 Å². The van der Waals surface area contributed by atoms with E-state index in [0.717, 1.165) is 49.6 Å². The standard InChI is InChI=1S/C10H18N4OS.C2H2O4/c1-9-11-12-10(13(9)2)16-8-5-14-3-6-15-7-4-14;3-1(4)2(5)6/h3-8H2,1-2H3;(H,3,4)(H,5,6). The maximum Gasteiger partial charge on any atom is 0.414 e. The molecule has 9 nitrogen and oxygen atoms in total. The minimum atomic E-state index is -1.82. The molecule has 0 bridgehead atoms. The molecule has 0 aromatic carbocycles. The maximum atomic E-state index is 9.10. The van der Waals surface area contributed by atoms with Gasteiger partial charge in [0.1, 0.15) is 5.82 Å². The average molecular weight is 332 g/mol. The molecule has 0 saturated carbocycles. The number of carboxylic acids is 2. The van der Waals surface area contributed by atoms with Crippen LogP contribution in [0.2, 0.25) is 0 Å². The highest BCUT2D eigenvalue weighted by atomic mass is 32.2. The van der Waals surface area contributed by atoms with Gasteiger partial charge in [-0.25, -0.2) is 9.59 Å². The number of ether oxygens (including phenoxy) is 1. The first-order chi connectivity index (χ1) is 10.4. The summed E-state index contributed by atoms with van der Waals surface area (Å²) in [6.07, 6.45) is 0. The van der Waals surface area contributed by atoms with Crippen LogP contribution in [0.5, 0.6) is 0 Å². The van der Waals surface area contributed by atoms with Crippen molar-refractivity contribution in [3.63, 3.8) is 0 Å². The normalized spacial score (nSPS) is 15.0. The summed E-state index contributed by atoms with van der Waals surface area (Å²) < 4.78 is 7.34. The Morgan fingerprint density at radius 1 is 1.23 bits per heavy atom. The zero-order valence-electron chi connectivity index (χ0n) is 12.6. The summed E-state index contributed by atoms with van der Waals surface area (Å²) in [4.78, 5) is 20.6. The van der Waals surface area contributed by atoms with Gasteiger partial charge in [0.05, 0.1) is 13.2 Å². The van der Waals surface area contributed by atoms with E-state index in [0.29, 0.717) is 0 Å². The molecule has 1 aromatic rings. The highest BCUT2D eigenvalue weighted by Gasteiger charge is 2.11. The van der Waals surface area contributed by atoms with Crippen LogP contribution in [0.15, 0.2) is 5.16 Å². The van der Waals surface area contributed by atoms with E-state index in [2.05, 4.69) is 15.1 Å². The number of hydrogen-bond donors (Lipinski definition) is 2. The van der Waals surface area contributed by atoms with E-state index in [1.54, 1.807) is 11.8 Å². The van der Waals surface area contributed by atoms with E-state index in [4.69, 9.17) is 24.5 Å². The Labute approximate surface area is 132 Å². The van der Waals surface area contributed by atoms with Crippen molar-refractivity contribution >= 4 is 23.7 Å². The molecule has 1 fully saturated rings. The van der Waals surface area contributed by atoms with Crippen LogP contribution in [0.1, 0.15) is 5.82 Å². The second kappa shape index (κ2) is 9.38. The van der Waals surface area contributed by atoms with Gasteiger partial charge in [-0.05, 0) is 6.92 Å². The highest BCUT2D eigenvalue weighted by molar-refractivity contribution is 7.99. The molecule has 1 aliphatic heterocycles. The van der Waals surface area contributed by atoms with Gasteiger partial charge in [-0.2, -0.15) is 0 Å². The number of hydrogen-bond acceptors (Lipinski definition) is 7. The van der Waals surface area contributed by atoms with Crippen molar-refractivity contribution < 1.29 is 24.5 Å². The fraction of sp³-hybridized carbons (Fsp3) is 0.667. The van der Waals surface area contributed by atoms with Gasteiger partial charge < -0.3 is 19.5 Å². The minimum Gasteiger partial charge on any atom is -0.473 e. The number of thioether (sulfide) groups is 1. The molecule has 1 saturated heterocycles. The first kappa shape index (κ1) is 18.4. The van der Waals surface area contributed by atoms with Gasteiger partial charge >= 0.3 is 11.9 Å². The Morgan fingerprint density at radius 3 is 2.27 bits per heavy atom. The summed E-state index contributed by atoms with van der Waals surface area (Å²) in [5.74, 6) is -1.62. The van der Waals surface area contributed by atoms with Crippen molar-refractivity contribution in [2.45, 2.75) is 12.1 Å². The molecule has 2 heterocycles. The molecular weight excluding hydrogens is 312 g/mol. The molecular formula is C12H20N4O5S. The van der Waals surface area contributed by atoms with Crippen LogP contribution in [0.3, 0.4) is 0 Å². The summed E-state index contributed by atoms with van der Waals surface area (Å²) in [7, 11) is 2.01. The lowest BCUT2D eigenvalue weighted by Gasteiger charge is -2.26. The van der Waals surface area contributed by atoms with Crippen LogP contribution < -0.4 is 0 Å². The van der Waals surface area contributed by atoms with Crippen LogP contribution in [-0.2, 0) is 21.4 Å². The third kappa shape index (κ3) is 6.41. The van der Waals surface area contributed by atoms with Gasteiger partial charge in [-0.1, -0.05) is 11.8 Å². The smallest absolute Gasteiger partial charge is 0.414 e. The molecule has 2 N–H and O–H groups in total. The van der Waals surface area contributed by atoms with Gasteiger partial charge in [-0.15, -0.1) is 10.2 Å². The predicted molar refractivity (Wildman–Crippen MR) is 79.0 cm³/mol. The van der Waals surface area contributed by atoms with Gasteiger partial charge in [0.2, 0.25) is 0 Å². The number of carboxylic acid groups (broad SMARTS) is 2. The van der Waals surface area contributed by atoms with Gasteiger partial charge in [0, 0.05) is 32.4 Å². The van der Waals surface area contributed by atoms with Gasteiger partial charge in [0.15, 0.2) is 5.16 Å². The van der Waals surface area contributed by atoms with Crippen molar-refractivity contribution in [1.82, 2.24) is 19.7 Å². The second-order valence-electron chi connectivity index (χ2n) is 4.50. The number of nitrogens with zero attached hydrogens (tertiary/aromatic N) is 4. The van der Waals surface area contributed by atoms with Crippen molar-refractivity contribution in [2.24, 2.45) is 7.05 Å². The number of aromatic nitrogens is 3. The number of rotatable bonds is 4. The largest absolute Gasteiger partial charge is 0.473 e. The molecule has 0 atom stereocenters. The Morgan fingerprint density at radius 2 is 1.82 bits per heavy atom. The van der Waals surface area contributed by atoms with E-state index < -0.39 is 11.9 Å². The highest BCUT2D eigenvalue weighted by Crippen LogP contribution is 2.15. The number of morpholine rings is 1. The molecule has 0 amide bonds. The first-order valence-corrected chi connectivity index (χ1v) is 7.65. The summed E-state index contributed by atoms with van der Waals surface area (Å²) in [5.41, 5.74) is 0. The van der Waals surface area contributed by atoms with Crippen molar-refractivity contribution in [3.05, 3.63) is 5.82 Å². The fourth-order valence-corrected chi connectivity index (χ4v) is 2.56. The van der Waals surface area contributed by atoms with Crippen LogP contribution in [0, 0.1) is 6.92 Å². The lowest BCUT2D eigenvalue weighted by atomic mass is 10.4. The Bertz CT molecular complexity index is 490. The summed E-state index contributed by atoms with van der Waals surface area (Å²) in [6.45, 7) is 6.91. The van der Waals surface area contributed by atoms with Crippen molar-refractivity contribution in [2.75, 3.05) is 38.6 Å². The van der Waals surface area contributed by atoms with Crippen LogP contribution in [0.4, 0.5) is 0 Å². The monoisotopic (exact) mass is 332 g/mol. The quantitative estimate of drug-likeness (QED) is 0.566. The fourth-order valence-electron chi connectivity index (χ4n) is 1.60. The van der Waals surface area contributed by atoms with Crippen LogP contribution in [0.25, 0.3) is 0 Å². The zero-order chi connectivity index (χ0) is 16.5. The summed E-state index contributed by atoms with van der Waals surface area (Å²) >= 11 is 1.77. The Kier molecular flexibility index (Phi) is 7.85. The van der Waals surface area contributed by atoms with Crippen LogP contribution in [-0.4, -0.2) is 80.4 Å². The van der Waals surface area contributed by atoms with E-state index in [1.165, 1.54) is 0 Å². The summed E-state index contributed by atoms with van der Waals surface area (Å²) in [6, 6.07) is 0. The molecule has 22 heavy (non-hydrogen) atoms. The molecule has 0 unspecified atom stereocenters. The van der Waals surface area contributed by atoms with E-state index in [-0.39, 0.29) is 0 Å². The van der Waals surface area contributed by atoms with Crippen molar-refractivity contribution in [1.29, 1.82) is 0 Å². The molecule has 10 heteroatoms. The maximum absolute atomic E-state index is 9.10. The first-order valence-electron chi connectivity index (χ1n) is 6.67. The predicted octanol–water partition coefficient (Wildman–Crippen LogP) is -0.297. The van der Waals surface area contributed by atoms with Crippen molar-refractivity contribution in [3.8, 4) is 0 Å². The zero-order valence-corrected chi connectivity index (χ0v) is 13.4. The average Bonchev–Trinajstić information content (AvgIpc) is 2.81. The number of aryl methyl sites for hydroxylation is 1. The SMILES string of the molecule is Cc1nnc(SCCN2CCOCC2)n1C.O=C(O)C(=O)O. The number of aliphatic carboxylic acids is 2. The van der Waals surface area contributed by atoms with Gasteiger partial charge in [0.25, 0.3) is 0 Å². The molecule has 1 aromatic heterocycles. The minimum absolute atomic E-state index is 0.869. The second-order valence-corrected chi connectivity index (χ2v) is 5.56. The number of carbonyl (C=O) groups is 2. The van der Waals surface area contributed by atoms with E-state index in [1.807, 2.05) is 18.5 Å². The lowest BCUT2D eigenvalue weighted by molar-refractivity contribution is -0.159. The summed E-state index contributed by atoms with van der Waals surface area (Å²) in [5, 5.41) is 24.0. The van der Waals surface area contributed by atoms with E-state index >= 15 is 0 Å². The van der Waals surface area contributed by atoms with E-state index in [9.17, 15) is 0 Å². The Hall–Kier alpha value is -1.65. The molecule has 124 valence electrons. The molecule has 1 aliphatic rings. The third-order valence-corrected chi connectivity index (χ3v) is 3.98. The molecule has 0 radical (unpaired) electrons. The topological polar surface area (TPSA) is 118 Å². The lowest BCUT2D eigenvalue weighted by Crippen LogP contribution is -2.37. The third-order valence-electron chi connectivity index (χ3n) is 2.98. The Balaban J connectivity index is 0.000000346.